The maximum Gasteiger partial charge on any atom is 0.101 e. The van der Waals surface area contributed by atoms with Crippen molar-refractivity contribution in [3.8, 4) is 6.07 Å². The minimum Gasteiger partial charge on any atom is -0.398 e. The van der Waals surface area contributed by atoms with Crippen LogP contribution in [0.5, 0.6) is 0 Å². The molecule has 1 saturated heterocycles. The highest BCUT2D eigenvalue weighted by atomic mass is 15.1. The Hall–Kier alpha value is -1.73. The van der Waals surface area contributed by atoms with E-state index in [0.717, 1.165) is 24.7 Å². The predicted molar refractivity (Wildman–Crippen MR) is 78.9 cm³/mol. The van der Waals surface area contributed by atoms with Crippen molar-refractivity contribution in [3.05, 3.63) is 23.8 Å². The van der Waals surface area contributed by atoms with E-state index in [9.17, 15) is 0 Å². The molecular formula is C15H22N4. The molecule has 2 rings (SSSR count). The Morgan fingerprint density at radius 3 is 2.79 bits per heavy atom. The molecule has 0 bridgehead atoms. The lowest BCUT2D eigenvalue weighted by Gasteiger charge is -2.31. The molecule has 0 unspecified atom stereocenters. The molecule has 0 radical (unpaired) electrons. The van der Waals surface area contributed by atoms with E-state index in [4.69, 9.17) is 11.0 Å². The number of anilines is 2. The maximum absolute atomic E-state index is 8.95. The van der Waals surface area contributed by atoms with Gasteiger partial charge in [0.25, 0.3) is 0 Å². The molecule has 0 aromatic heterocycles. The van der Waals surface area contributed by atoms with Crippen LogP contribution in [0.15, 0.2) is 18.2 Å². The van der Waals surface area contributed by atoms with Gasteiger partial charge in [-0.15, -0.1) is 0 Å². The van der Waals surface area contributed by atoms with Crippen LogP contribution >= 0.6 is 0 Å². The molecule has 0 atom stereocenters. The first kappa shape index (κ1) is 13.7. The quantitative estimate of drug-likeness (QED) is 0.813. The van der Waals surface area contributed by atoms with Crippen molar-refractivity contribution < 1.29 is 0 Å². The zero-order chi connectivity index (χ0) is 13.7. The third kappa shape index (κ3) is 3.62. The number of nitrogens with two attached hydrogens (primary N) is 1. The number of hydrogen-bond donors (Lipinski definition) is 2. The summed E-state index contributed by atoms with van der Waals surface area (Å²) in [5, 5.41) is 12.4. The first-order valence-corrected chi connectivity index (χ1v) is 6.98. The van der Waals surface area contributed by atoms with Gasteiger partial charge in [-0.1, -0.05) is 6.92 Å². The van der Waals surface area contributed by atoms with Gasteiger partial charge in [0.1, 0.15) is 6.07 Å². The number of nitrogens with zero attached hydrogens (tertiary/aromatic N) is 2. The van der Waals surface area contributed by atoms with Gasteiger partial charge in [-0.05, 0) is 56.6 Å². The van der Waals surface area contributed by atoms with E-state index in [0.29, 0.717) is 11.3 Å². The minimum atomic E-state index is 0.546. The number of nitrogen functional groups attached to an aromatic ring is 1. The lowest BCUT2D eigenvalue weighted by atomic mass is 9.96. The Kier molecular flexibility index (Phi) is 4.64. The minimum absolute atomic E-state index is 0.546. The summed E-state index contributed by atoms with van der Waals surface area (Å²) >= 11 is 0. The molecule has 0 amide bonds. The maximum atomic E-state index is 8.95. The van der Waals surface area contributed by atoms with Crippen molar-refractivity contribution >= 4 is 11.4 Å². The summed E-state index contributed by atoms with van der Waals surface area (Å²) in [5.41, 5.74) is 7.80. The summed E-state index contributed by atoms with van der Waals surface area (Å²) in [5.74, 6) is 0.728. The number of rotatable bonds is 4. The topological polar surface area (TPSA) is 65.1 Å². The molecule has 4 heteroatoms. The number of hydrogen-bond acceptors (Lipinski definition) is 4. The molecule has 102 valence electrons. The number of nitrogens with one attached hydrogen (secondary N) is 1. The van der Waals surface area contributed by atoms with Gasteiger partial charge >= 0.3 is 0 Å². The first-order valence-electron chi connectivity index (χ1n) is 6.98. The van der Waals surface area contributed by atoms with E-state index in [1.54, 1.807) is 6.07 Å². The van der Waals surface area contributed by atoms with Crippen LogP contribution in [-0.4, -0.2) is 31.1 Å². The number of benzene rings is 1. The second-order valence-electron chi connectivity index (χ2n) is 5.17. The van der Waals surface area contributed by atoms with Gasteiger partial charge in [-0.3, -0.25) is 0 Å². The summed E-state index contributed by atoms with van der Waals surface area (Å²) in [4.78, 5) is 2.49. The van der Waals surface area contributed by atoms with Crippen molar-refractivity contribution in [2.24, 2.45) is 5.92 Å². The monoisotopic (exact) mass is 258 g/mol. The van der Waals surface area contributed by atoms with Gasteiger partial charge in [-0.2, -0.15) is 5.26 Å². The Balaban J connectivity index is 1.85. The van der Waals surface area contributed by atoms with Crippen LogP contribution in [0, 0.1) is 17.2 Å². The molecule has 0 spiro atoms. The smallest absolute Gasteiger partial charge is 0.101 e. The van der Waals surface area contributed by atoms with Crippen LogP contribution in [-0.2, 0) is 0 Å². The van der Waals surface area contributed by atoms with E-state index in [2.05, 4.69) is 23.2 Å². The Morgan fingerprint density at radius 1 is 1.42 bits per heavy atom. The van der Waals surface area contributed by atoms with Crippen LogP contribution in [0.25, 0.3) is 0 Å². The van der Waals surface area contributed by atoms with Crippen LogP contribution in [0.3, 0.4) is 0 Å². The Bertz CT molecular complexity index is 456. The molecule has 1 aliphatic rings. The highest BCUT2D eigenvalue weighted by Crippen LogP contribution is 2.20. The lowest BCUT2D eigenvalue weighted by Crippen LogP contribution is -2.35. The van der Waals surface area contributed by atoms with Crippen molar-refractivity contribution in [2.45, 2.75) is 19.8 Å². The number of nitriles is 1. The Morgan fingerprint density at radius 2 is 2.16 bits per heavy atom. The molecule has 1 fully saturated rings. The average molecular weight is 258 g/mol. The highest BCUT2D eigenvalue weighted by molar-refractivity contribution is 5.61. The fourth-order valence-electron chi connectivity index (χ4n) is 2.53. The van der Waals surface area contributed by atoms with Crippen LogP contribution in [0.4, 0.5) is 11.4 Å². The van der Waals surface area contributed by atoms with E-state index < -0.39 is 0 Å². The molecule has 1 aromatic rings. The molecule has 1 heterocycles. The molecule has 19 heavy (non-hydrogen) atoms. The third-order valence-corrected chi connectivity index (χ3v) is 3.92. The fourth-order valence-corrected chi connectivity index (χ4v) is 2.53. The molecule has 1 aromatic carbocycles. The van der Waals surface area contributed by atoms with E-state index in [-0.39, 0.29) is 0 Å². The zero-order valence-corrected chi connectivity index (χ0v) is 11.5. The van der Waals surface area contributed by atoms with Gasteiger partial charge in [0.2, 0.25) is 0 Å². The molecule has 1 aliphatic heterocycles. The predicted octanol–water partition coefficient (Wildman–Crippen LogP) is 2.28. The highest BCUT2D eigenvalue weighted by Gasteiger charge is 2.17. The molecule has 3 N–H and O–H groups in total. The van der Waals surface area contributed by atoms with Crippen molar-refractivity contribution in [1.29, 1.82) is 5.26 Å². The average Bonchev–Trinajstić information content (AvgIpc) is 2.47. The van der Waals surface area contributed by atoms with Crippen LogP contribution in [0.2, 0.25) is 0 Å². The molecule has 0 saturated carbocycles. The molecule has 4 nitrogen and oxygen atoms in total. The lowest BCUT2D eigenvalue weighted by molar-refractivity contribution is 0.198. The van der Waals surface area contributed by atoms with E-state index in [1.165, 1.54) is 25.9 Å². The van der Waals surface area contributed by atoms with E-state index in [1.807, 2.05) is 12.1 Å². The van der Waals surface area contributed by atoms with Crippen molar-refractivity contribution in [2.75, 3.05) is 37.2 Å². The van der Waals surface area contributed by atoms with Crippen LogP contribution in [0.1, 0.15) is 25.3 Å². The summed E-state index contributed by atoms with van der Waals surface area (Å²) in [6.45, 7) is 6.76. The van der Waals surface area contributed by atoms with Gasteiger partial charge in [0.05, 0.1) is 5.56 Å². The second kappa shape index (κ2) is 6.44. The van der Waals surface area contributed by atoms with E-state index >= 15 is 0 Å². The number of piperidine rings is 1. The summed E-state index contributed by atoms with van der Waals surface area (Å²) < 4.78 is 0. The summed E-state index contributed by atoms with van der Waals surface area (Å²) in [6.07, 6.45) is 2.50. The van der Waals surface area contributed by atoms with Gasteiger partial charge < -0.3 is 16.0 Å². The second-order valence-corrected chi connectivity index (χ2v) is 5.17. The fraction of sp³-hybridized carbons (Fsp3) is 0.533. The normalized spacial score (nSPS) is 17.1. The third-order valence-electron chi connectivity index (χ3n) is 3.92. The molecule has 0 aliphatic carbocycles. The standard InChI is InChI=1S/C15H22N4/c1-2-19-7-5-12(6-8-19)11-18-14-3-4-15(17)13(9-14)10-16/h3-4,9,12,18H,2,5-8,11,17H2,1H3. The number of likely N-dealkylation sites (tertiary alicyclic amines) is 1. The van der Waals surface area contributed by atoms with Gasteiger partial charge in [0, 0.05) is 17.9 Å². The van der Waals surface area contributed by atoms with Gasteiger partial charge in [-0.25, -0.2) is 0 Å². The summed E-state index contributed by atoms with van der Waals surface area (Å²) in [7, 11) is 0. The van der Waals surface area contributed by atoms with Gasteiger partial charge in [0.15, 0.2) is 0 Å². The van der Waals surface area contributed by atoms with Crippen LogP contribution < -0.4 is 11.1 Å². The molecular weight excluding hydrogens is 236 g/mol. The zero-order valence-electron chi connectivity index (χ0n) is 11.5. The van der Waals surface area contributed by atoms with Crippen molar-refractivity contribution in [3.63, 3.8) is 0 Å². The Labute approximate surface area is 115 Å². The SMILES string of the molecule is CCN1CCC(CNc2ccc(N)c(C#N)c2)CC1. The first-order chi connectivity index (χ1) is 9.22. The summed E-state index contributed by atoms with van der Waals surface area (Å²) in [6, 6.07) is 7.68. The van der Waals surface area contributed by atoms with Crippen molar-refractivity contribution in [1.82, 2.24) is 4.90 Å². The largest absolute Gasteiger partial charge is 0.398 e.